The van der Waals surface area contributed by atoms with Gasteiger partial charge in [0.2, 0.25) is 0 Å². The lowest BCUT2D eigenvalue weighted by molar-refractivity contribution is 0.129. The SMILES string of the molecule is CCCc1nc2ccc(-c3ccc(Cl)cc3)cc2c(=O)n1C[C@H]1CCCN(C(C)C)C1. The molecular formula is C26H32ClN3O. The minimum atomic E-state index is 0.0888. The summed E-state index contributed by atoms with van der Waals surface area (Å²) in [5.41, 5.74) is 2.94. The Kier molecular flexibility index (Phi) is 6.78. The lowest BCUT2D eigenvalue weighted by Crippen LogP contribution is -2.42. The van der Waals surface area contributed by atoms with Crippen molar-refractivity contribution in [3.8, 4) is 11.1 Å². The summed E-state index contributed by atoms with van der Waals surface area (Å²) >= 11 is 6.04. The number of rotatable bonds is 6. The van der Waals surface area contributed by atoms with E-state index < -0.39 is 0 Å². The molecule has 0 radical (unpaired) electrons. The van der Waals surface area contributed by atoms with Crippen LogP contribution in [0.15, 0.2) is 47.3 Å². The molecule has 2 heterocycles. The highest BCUT2D eigenvalue weighted by molar-refractivity contribution is 6.30. The molecule has 0 saturated carbocycles. The zero-order valence-electron chi connectivity index (χ0n) is 18.8. The zero-order chi connectivity index (χ0) is 22.0. The smallest absolute Gasteiger partial charge is 0.261 e. The van der Waals surface area contributed by atoms with Gasteiger partial charge in [0.15, 0.2) is 0 Å². The third kappa shape index (κ3) is 4.86. The predicted octanol–water partition coefficient (Wildman–Crippen LogP) is 5.79. The van der Waals surface area contributed by atoms with Crippen molar-refractivity contribution in [2.24, 2.45) is 5.92 Å². The molecule has 2 aromatic carbocycles. The van der Waals surface area contributed by atoms with Crippen LogP contribution in [0, 0.1) is 5.92 Å². The van der Waals surface area contributed by atoms with Gasteiger partial charge >= 0.3 is 0 Å². The number of aryl methyl sites for hydroxylation is 1. The molecule has 31 heavy (non-hydrogen) atoms. The molecule has 1 aliphatic rings. The standard InChI is InChI=1S/C26H32ClN3O/c1-4-6-25-28-24-13-10-21(20-8-11-22(27)12-9-20)15-23(24)26(31)30(25)17-19-7-5-14-29(16-19)18(2)3/h8-13,15,18-19H,4-7,14,16-17H2,1-3H3/t19-/m0/s1. The van der Waals surface area contributed by atoms with Crippen LogP contribution in [0.2, 0.25) is 5.02 Å². The molecule has 0 bridgehead atoms. The summed E-state index contributed by atoms with van der Waals surface area (Å²) < 4.78 is 1.96. The third-order valence-corrected chi connectivity index (χ3v) is 6.66. The van der Waals surface area contributed by atoms with E-state index in [-0.39, 0.29) is 5.56 Å². The van der Waals surface area contributed by atoms with Crippen molar-refractivity contribution in [2.75, 3.05) is 13.1 Å². The van der Waals surface area contributed by atoms with Crippen molar-refractivity contribution in [3.05, 3.63) is 63.7 Å². The van der Waals surface area contributed by atoms with Gasteiger partial charge in [0.05, 0.1) is 10.9 Å². The number of piperidine rings is 1. The quantitative estimate of drug-likeness (QED) is 0.489. The summed E-state index contributed by atoms with van der Waals surface area (Å²) in [4.78, 5) is 21.1. The molecule has 4 rings (SSSR count). The second kappa shape index (κ2) is 9.54. The van der Waals surface area contributed by atoms with E-state index in [0.29, 0.717) is 22.4 Å². The molecule has 0 aliphatic carbocycles. The summed E-state index contributed by atoms with van der Waals surface area (Å²) in [6, 6.07) is 14.3. The Bertz CT molecular complexity index is 1100. The number of aromatic nitrogens is 2. The van der Waals surface area contributed by atoms with Crippen molar-refractivity contribution in [2.45, 2.75) is 59.0 Å². The van der Waals surface area contributed by atoms with Crippen molar-refractivity contribution >= 4 is 22.5 Å². The molecule has 1 fully saturated rings. The van der Waals surface area contributed by atoms with Crippen molar-refractivity contribution in [3.63, 3.8) is 0 Å². The predicted molar refractivity (Wildman–Crippen MR) is 130 cm³/mol. The molecule has 1 aliphatic heterocycles. The fourth-order valence-electron chi connectivity index (χ4n) is 4.67. The zero-order valence-corrected chi connectivity index (χ0v) is 19.5. The van der Waals surface area contributed by atoms with Crippen LogP contribution in [0.4, 0.5) is 0 Å². The maximum absolute atomic E-state index is 13.6. The van der Waals surface area contributed by atoms with Crippen molar-refractivity contribution < 1.29 is 0 Å². The van der Waals surface area contributed by atoms with Gasteiger partial charge in [-0.3, -0.25) is 9.36 Å². The van der Waals surface area contributed by atoms with Crippen molar-refractivity contribution in [1.82, 2.24) is 14.5 Å². The minimum absolute atomic E-state index is 0.0888. The molecule has 1 aromatic heterocycles. The average Bonchev–Trinajstić information content (AvgIpc) is 2.77. The van der Waals surface area contributed by atoms with Gasteiger partial charge in [-0.05, 0) is 81.0 Å². The van der Waals surface area contributed by atoms with E-state index in [1.165, 1.54) is 12.8 Å². The Balaban J connectivity index is 1.73. The van der Waals surface area contributed by atoms with Crippen LogP contribution in [-0.4, -0.2) is 33.6 Å². The summed E-state index contributed by atoms with van der Waals surface area (Å²) in [6.07, 6.45) is 4.17. The topological polar surface area (TPSA) is 38.1 Å². The normalized spacial score (nSPS) is 17.5. The third-order valence-electron chi connectivity index (χ3n) is 6.41. The van der Waals surface area contributed by atoms with Gasteiger partial charge in [0.25, 0.3) is 5.56 Å². The molecular weight excluding hydrogens is 406 g/mol. The molecule has 1 atom stereocenters. The van der Waals surface area contributed by atoms with E-state index in [9.17, 15) is 4.79 Å². The van der Waals surface area contributed by atoms with E-state index in [4.69, 9.17) is 16.6 Å². The van der Waals surface area contributed by atoms with Gasteiger partial charge in [0, 0.05) is 30.6 Å². The second-order valence-corrected chi connectivity index (χ2v) is 9.47. The van der Waals surface area contributed by atoms with Crippen LogP contribution in [0.1, 0.15) is 45.9 Å². The molecule has 0 unspecified atom stereocenters. The van der Waals surface area contributed by atoms with Crippen LogP contribution in [0.3, 0.4) is 0 Å². The molecule has 4 nitrogen and oxygen atoms in total. The molecule has 0 N–H and O–H groups in total. The number of benzene rings is 2. The van der Waals surface area contributed by atoms with E-state index in [1.54, 1.807) is 0 Å². The number of hydrogen-bond donors (Lipinski definition) is 0. The Hall–Kier alpha value is -2.17. The maximum Gasteiger partial charge on any atom is 0.261 e. The Morgan fingerprint density at radius 1 is 1.13 bits per heavy atom. The minimum Gasteiger partial charge on any atom is -0.301 e. The Labute approximate surface area is 189 Å². The van der Waals surface area contributed by atoms with Crippen LogP contribution in [-0.2, 0) is 13.0 Å². The highest BCUT2D eigenvalue weighted by Crippen LogP contribution is 2.25. The second-order valence-electron chi connectivity index (χ2n) is 9.03. The largest absolute Gasteiger partial charge is 0.301 e. The van der Waals surface area contributed by atoms with Crippen LogP contribution >= 0.6 is 11.6 Å². The number of likely N-dealkylation sites (tertiary alicyclic amines) is 1. The maximum atomic E-state index is 13.6. The van der Waals surface area contributed by atoms with Gasteiger partial charge in [-0.25, -0.2) is 4.98 Å². The highest BCUT2D eigenvalue weighted by atomic mass is 35.5. The lowest BCUT2D eigenvalue weighted by atomic mass is 9.96. The average molecular weight is 438 g/mol. The van der Waals surface area contributed by atoms with Crippen LogP contribution in [0.5, 0.6) is 0 Å². The van der Waals surface area contributed by atoms with Crippen LogP contribution < -0.4 is 5.56 Å². The van der Waals surface area contributed by atoms with Gasteiger partial charge in [-0.15, -0.1) is 0 Å². The molecule has 0 amide bonds. The van der Waals surface area contributed by atoms with E-state index in [0.717, 1.165) is 54.9 Å². The number of fused-ring (bicyclic) bond motifs is 1. The molecule has 164 valence electrons. The summed E-state index contributed by atoms with van der Waals surface area (Å²) in [5.74, 6) is 1.41. The van der Waals surface area contributed by atoms with Gasteiger partial charge in [-0.2, -0.15) is 0 Å². The van der Waals surface area contributed by atoms with Gasteiger partial charge < -0.3 is 4.90 Å². The van der Waals surface area contributed by atoms with Crippen molar-refractivity contribution in [1.29, 1.82) is 0 Å². The number of halogens is 1. The van der Waals surface area contributed by atoms with Crippen LogP contribution in [0.25, 0.3) is 22.0 Å². The summed E-state index contributed by atoms with van der Waals surface area (Å²) in [5, 5.41) is 1.41. The van der Waals surface area contributed by atoms with Gasteiger partial charge in [0.1, 0.15) is 5.82 Å². The molecule has 0 spiro atoms. The first-order chi connectivity index (χ1) is 15.0. The molecule has 1 saturated heterocycles. The monoisotopic (exact) mass is 437 g/mol. The van der Waals surface area contributed by atoms with E-state index in [2.05, 4.69) is 25.7 Å². The first kappa shape index (κ1) is 22.0. The Morgan fingerprint density at radius 2 is 1.87 bits per heavy atom. The number of hydrogen-bond acceptors (Lipinski definition) is 3. The van der Waals surface area contributed by atoms with Gasteiger partial charge in [-0.1, -0.05) is 36.7 Å². The molecule has 5 heteroatoms. The molecule has 3 aromatic rings. The van der Waals surface area contributed by atoms with E-state index >= 15 is 0 Å². The first-order valence-corrected chi connectivity index (χ1v) is 11.9. The first-order valence-electron chi connectivity index (χ1n) is 11.5. The number of nitrogens with zero attached hydrogens (tertiary/aromatic N) is 3. The summed E-state index contributed by atoms with van der Waals surface area (Å²) in [7, 11) is 0. The summed E-state index contributed by atoms with van der Waals surface area (Å²) in [6.45, 7) is 9.63. The lowest BCUT2D eigenvalue weighted by Gasteiger charge is -2.35. The fraction of sp³-hybridized carbons (Fsp3) is 0.462. The highest BCUT2D eigenvalue weighted by Gasteiger charge is 2.23. The van der Waals surface area contributed by atoms with E-state index in [1.807, 2.05) is 47.0 Å². The Morgan fingerprint density at radius 3 is 2.58 bits per heavy atom. The fourth-order valence-corrected chi connectivity index (χ4v) is 4.79.